The lowest BCUT2D eigenvalue weighted by Gasteiger charge is -2.49. The zero-order chi connectivity index (χ0) is 10.2. The van der Waals surface area contributed by atoms with Crippen LogP contribution in [0.1, 0.15) is 39.5 Å². The van der Waals surface area contributed by atoms with Crippen molar-refractivity contribution >= 4 is 0 Å². The summed E-state index contributed by atoms with van der Waals surface area (Å²) in [7, 11) is 2.32. The molecule has 1 heterocycles. The van der Waals surface area contributed by atoms with Crippen LogP contribution in [0.25, 0.3) is 0 Å². The van der Waals surface area contributed by atoms with E-state index in [1.807, 2.05) is 0 Å². The Bertz CT molecular complexity index is 196. The summed E-state index contributed by atoms with van der Waals surface area (Å²) in [6, 6.07) is 1.61. The number of likely N-dealkylation sites (N-methyl/N-ethyl adjacent to an activating group) is 1. The number of hydrogen-bond acceptors (Lipinski definition) is 2. The molecule has 1 saturated heterocycles. The van der Waals surface area contributed by atoms with Crippen LogP contribution in [0, 0.1) is 5.41 Å². The van der Waals surface area contributed by atoms with Crippen molar-refractivity contribution in [1.82, 2.24) is 10.2 Å². The average molecular weight is 196 g/mol. The van der Waals surface area contributed by atoms with Crippen molar-refractivity contribution in [3.63, 3.8) is 0 Å². The third-order valence-corrected chi connectivity index (χ3v) is 4.28. The van der Waals surface area contributed by atoms with Crippen LogP contribution in [0.3, 0.4) is 0 Å². The fourth-order valence-electron chi connectivity index (χ4n) is 3.05. The van der Waals surface area contributed by atoms with Gasteiger partial charge in [0.2, 0.25) is 0 Å². The zero-order valence-corrected chi connectivity index (χ0v) is 9.84. The highest BCUT2D eigenvalue weighted by molar-refractivity contribution is 4.94. The van der Waals surface area contributed by atoms with Crippen molar-refractivity contribution in [1.29, 1.82) is 0 Å². The maximum absolute atomic E-state index is 3.37. The van der Waals surface area contributed by atoms with Crippen LogP contribution in [-0.2, 0) is 0 Å². The van der Waals surface area contributed by atoms with Crippen LogP contribution in [0.2, 0.25) is 0 Å². The van der Waals surface area contributed by atoms with Gasteiger partial charge in [-0.05, 0) is 25.3 Å². The first-order valence-electron chi connectivity index (χ1n) is 6.04. The van der Waals surface area contributed by atoms with Gasteiger partial charge in [-0.2, -0.15) is 0 Å². The number of nitrogens with one attached hydrogen (secondary N) is 1. The van der Waals surface area contributed by atoms with Gasteiger partial charge in [-0.3, -0.25) is 4.90 Å². The summed E-state index contributed by atoms with van der Waals surface area (Å²) in [6.07, 6.45) is 5.67. The second kappa shape index (κ2) is 3.82. The van der Waals surface area contributed by atoms with Crippen LogP contribution in [-0.4, -0.2) is 37.1 Å². The molecule has 1 atom stereocenters. The minimum atomic E-state index is 0.530. The van der Waals surface area contributed by atoms with Gasteiger partial charge in [-0.25, -0.2) is 0 Å². The summed E-state index contributed by atoms with van der Waals surface area (Å²) < 4.78 is 0. The number of hydrogen-bond donors (Lipinski definition) is 1. The van der Waals surface area contributed by atoms with Crippen molar-refractivity contribution in [3.05, 3.63) is 0 Å². The Morgan fingerprint density at radius 3 is 2.43 bits per heavy atom. The van der Waals surface area contributed by atoms with Crippen LogP contribution in [0.5, 0.6) is 0 Å². The van der Waals surface area contributed by atoms with Gasteiger partial charge in [0, 0.05) is 25.2 Å². The molecule has 0 aromatic heterocycles. The predicted molar refractivity (Wildman–Crippen MR) is 60.5 cm³/mol. The lowest BCUT2D eigenvalue weighted by atomic mass is 9.72. The molecule has 1 aliphatic carbocycles. The molecule has 2 nitrogen and oxygen atoms in total. The third-order valence-electron chi connectivity index (χ3n) is 4.28. The maximum atomic E-state index is 3.37. The number of rotatable bonds is 2. The molecule has 0 spiro atoms. The molecular weight excluding hydrogens is 172 g/mol. The fraction of sp³-hybridized carbons (Fsp3) is 1.00. The van der Waals surface area contributed by atoms with Gasteiger partial charge in [-0.1, -0.05) is 26.7 Å². The van der Waals surface area contributed by atoms with E-state index >= 15 is 0 Å². The molecule has 82 valence electrons. The summed E-state index contributed by atoms with van der Waals surface area (Å²) in [6.45, 7) is 7.28. The molecular formula is C12H24N2. The van der Waals surface area contributed by atoms with E-state index < -0.39 is 0 Å². The van der Waals surface area contributed by atoms with Crippen LogP contribution in [0.4, 0.5) is 0 Å². The van der Waals surface area contributed by atoms with E-state index in [1.165, 1.54) is 38.8 Å². The Hall–Kier alpha value is -0.0800. The van der Waals surface area contributed by atoms with Crippen molar-refractivity contribution in [2.75, 3.05) is 20.1 Å². The van der Waals surface area contributed by atoms with Gasteiger partial charge < -0.3 is 5.32 Å². The summed E-state index contributed by atoms with van der Waals surface area (Å²) in [5.41, 5.74) is 0.530. The summed E-state index contributed by atoms with van der Waals surface area (Å²) in [4.78, 5) is 2.63. The van der Waals surface area contributed by atoms with Crippen LogP contribution >= 0.6 is 0 Å². The normalized spacial score (nSPS) is 33.0. The second-order valence-electron chi connectivity index (χ2n) is 5.73. The van der Waals surface area contributed by atoms with Gasteiger partial charge in [0.15, 0.2) is 0 Å². The smallest absolute Gasteiger partial charge is 0.0345 e. The second-order valence-corrected chi connectivity index (χ2v) is 5.73. The minimum Gasteiger partial charge on any atom is -0.314 e. The lowest BCUT2D eigenvalue weighted by Crippen LogP contribution is -2.61. The summed E-state index contributed by atoms with van der Waals surface area (Å²) in [5.74, 6) is 0. The molecule has 14 heavy (non-hydrogen) atoms. The quantitative estimate of drug-likeness (QED) is 0.725. The fourth-order valence-corrected chi connectivity index (χ4v) is 3.05. The molecule has 0 aromatic rings. The van der Waals surface area contributed by atoms with Gasteiger partial charge in [0.1, 0.15) is 0 Å². The molecule has 1 aliphatic heterocycles. The first-order valence-corrected chi connectivity index (χ1v) is 6.04. The van der Waals surface area contributed by atoms with E-state index in [0.717, 1.165) is 12.1 Å². The van der Waals surface area contributed by atoms with E-state index in [2.05, 4.69) is 31.1 Å². The SMILES string of the molecule is CN(C1CNC1)C1CCCCC1(C)C. The molecule has 0 radical (unpaired) electrons. The van der Waals surface area contributed by atoms with Crippen molar-refractivity contribution in [3.8, 4) is 0 Å². The van der Waals surface area contributed by atoms with Crippen LogP contribution < -0.4 is 5.32 Å². The average Bonchev–Trinajstić information content (AvgIpc) is 1.99. The molecule has 2 rings (SSSR count). The first-order chi connectivity index (χ1) is 6.61. The van der Waals surface area contributed by atoms with Crippen molar-refractivity contribution in [2.45, 2.75) is 51.6 Å². The Kier molecular flexibility index (Phi) is 2.85. The topological polar surface area (TPSA) is 15.3 Å². The van der Waals surface area contributed by atoms with Gasteiger partial charge in [0.25, 0.3) is 0 Å². The largest absolute Gasteiger partial charge is 0.314 e. The minimum absolute atomic E-state index is 0.530. The van der Waals surface area contributed by atoms with E-state index in [9.17, 15) is 0 Å². The van der Waals surface area contributed by atoms with E-state index in [4.69, 9.17) is 0 Å². The van der Waals surface area contributed by atoms with E-state index in [-0.39, 0.29) is 0 Å². The molecule has 2 heteroatoms. The summed E-state index contributed by atoms with van der Waals surface area (Å²) >= 11 is 0. The van der Waals surface area contributed by atoms with Gasteiger partial charge in [0.05, 0.1) is 0 Å². The zero-order valence-electron chi connectivity index (χ0n) is 9.84. The Balaban J connectivity index is 1.99. The van der Waals surface area contributed by atoms with Gasteiger partial charge >= 0.3 is 0 Å². The highest BCUT2D eigenvalue weighted by atomic mass is 15.2. The molecule has 1 saturated carbocycles. The van der Waals surface area contributed by atoms with E-state index in [1.54, 1.807) is 0 Å². The first kappa shape index (κ1) is 10.4. The lowest BCUT2D eigenvalue weighted by molar-refractivity contribution is 0.0221. The number of nitrogens with zero attached hydrogens (tertiary/aromatic N) is 1. The van der Waals surface area contributed by atoms with Gasteiger partial charge in [-0.15, -0.1) is 0 Å². The molecule has 0 bridgehead atoms. The highest BCUT2D eigenvalue weighted by Gasteiger charge is 2.38. The van der Waals surface area contributed by atoms with Crippen molar-refractivity contribution < 1.29 is 0 Å². The predicted octanol–water partition coefficient (Wildman–Crippen LogP) is 1.86. The summed E-state index contributed by atoms with van der Waals surface area (Å²) in [5, 5.41) is 3.37. The molecule has 2 aliphatic rings. The Labute approximate surface area is 88.1 Å². The standard InChI is InChI=1S/C12H24N2/c1-12(2)7-5-4-6-11(12)14(3)10-8-13-9-10/h10-11,13H,4-9H2,1-3H3. The molecule has 1 unspecified atom stereocenters. The monoisotopic (exact) mass is 196 g/mol. The maximum Gasteiger partial charge on any atom is 0.0345 e. The highest BCUT2D eigenvalue weighted by Crippen LogP contribution is 2.38. The van der Waals surface area contributed by atoms with Crippen molar-refractivity contribution in [2.24, 2.45) is 5.41 Å². The molecule has 0 amide bonds. The third kappa shape index (κ3) is 1.82. The Morgan fingerprint density at radius 2 is 1.93 bits per heavy atom. The van der Waals surface area contributed by atoms with E-state index in [0.29, 0.717) is 5.41 Å². The molecule has 0 aromatic carbocycles. The van der Waals surface area contributed by atoms with Crippen LogP contribution in [0.15, 0.2) is 0 Å². The molecule has 1 N–H and O–H groups in total. The molecule has 2 fully saturated rings. The Morgan fingerprint density at radius 1 is 1.21 bits per heavy atom.